The van der Waals surface area contributed by atoms with Crippen molar-refractivity contribution in [2.75, 3.05) is 20.2 Å². The van der Waals surface area contributed by atoms with Gasteiger partial charge in [0.05, 0.1) is 13.7 Å². The molecule has 1 aromatic carbocycles. The minimum Gasteiger partial charge on any atom is -0.468 e. The maximum absolute atomic E-state index is 12.9. The molecule has 1 amide bonds. The number of carbonyl (C=O) groups excluding carboxylic acids is 2. The Morgan fingerprint density at radius 1 is 1.07 bits per heavy atom. The maximum Gasteiger partial charge on any atom is 0.323 e. The van der Waals surface area contributed by atoms with Crippen molar-refractivity contribution in [3.05, 3.63) is 35.4 Å². The third-order valence-electron chi connectivity index (χ3n) is 7.99. The van der Waals surface area contributed by atoms with Crippen LogP contribution in [-0.4, -0.2) is 43.0 Å². The Bertz CT molecular complexity index is 770. The zero-order chi connectivity index (χ0) is 20.0. The standard InChI is InChI=1S/C24H32N2O3/c1-29-23(28)21-9-19-4-2-3-5-20(19)13-26(21)14-22(27)25-15-24-10-16-6-17(11-24)8-18(7-16)12-24/h2-5,16-18,21H,6-15H2,1H3,(H,25,27)/t16?,17?,18?,21-,24?/m0/s1. The van der Waals surface area contributed by atoms with Crippen LogP contribution >= 0.6 is 0 Å². The van der Waals surface area contributed by atoms with Gasteiger partial charge in [-0.1, -0.05) is 24.3 Å². The third-order valence-corrected chi connectivity index (χ3v) is 7.99. The lowest BCUT2D eigenvalue weighted by atomic mass is 9.49. The van der Waals surface area contributed by atoms with Crippen molar-refractivity contribution in [1.29, 1.82) is 0 Å². The molecular weight excluding hydrogens is 364 g/mol. The topological polar surface area (TPSA) is 58.6 Å². The van der Waals surface area contributed by atoms with E-state index < -0.39 is 0 Å². The van der Waals surface area contributed by atoms with E-state index in [1.165, 1.54) is 56.8 Å². The Labute approximate surface area is 173 Å². The molecule has 4 aliphatic carbocycles. The fourth-order valence-electron chi connectivity index (χ4n) is 7.14. The van der Waals surface area contributed by atoms with Gasteiger partial charge < -0.3 is 10.1 Å². The molecule has 1 aliphatic heterocycles. The Balaban J connectivity index is 1.23. The van der Waals surface area contributed by atoms with Crippen molar-refractivity contribution in [3.63, 3.8) is 0 Å². The highest BCUT2D eigenvalue weighted by atomic mass is 16.5. The van der Waals surface area contributed by atoms with Crippen LogP contribution in [0.2, 0.25) is 0 Å². The smallest absolute Gasteiger partial charge is 0.323 e. The number of fused-ring (bicyclic) bond motifs is 1. The normalized spacial score (nSPS) is 35.2. The first kappa shape index (κ1) is 19.1. The van der Waals surface area contributed by atoms with Gasteiger partial charge in [-0.05, 0) is 79.2 Å². The van der Waals surface area contributed by atoms with E-state index in [1.54, 1.807) is 0 Å². The summed E-state index contributed by atoms with van der Waals surface area (Å²) in [5.74, 6) is 2.45. The van der Waals surface area contributed by atoms with Crippen molar-refractivity contribution in [2.24, 2.45) is 23.2 Å². The first-order valence-electron chi connectivity index (χ1n) is 11.2. The largest absolute Gasteiger partial charge is 0.468 e. The number of hydrogen-bond donors (Lipinski definition) is 1. The van der Waals surface area contributed by atoms with Crippen LogP contribution in [0, 0.1) is 23.2 Å². The van der Waals surface area contributed by atoms with E-state index in [0.29, 0.717) is 18.4 Å². The van der Waals surface area contributed by atoms with Gasteiger partial charge in [0.15, 0.2) is 0 Å². The number of amides is 1. The van der Waals surface area contributed by atoms with Gasteiger partial charge in [0.1, 0.15) is 6.04 Å². The molecule has 29 heavy (non-hydrogen) atoms. The fraction of sp³-hybridized carbons (Fsp3) is 0.667. The lowest BCUT2D eigenvalue weighted by Crippen LogP contribution is -2.53. The highest BCUT2D eigenvalue weighted by molar-refractivity contribution is 5.81. The molecular formula is C24H32N2O3. The molecule has 4 saturated carbocycles. The van der Waals surface area contributed by atoms with Crippen LogP contribution in [-0.2, 0) is 27.3 Å². The first-order chi connectivity index (χ1) is 14.0. The summed E-state index contributed by atoms with van der Waals surface area (Å²) in [6, 6.07) is 7.78. The van der Waals surface area contributed by atoms with Crippen LogP contribution in [0.1, 0.15) is 49.7 Å². The number of ether oxygens (including phenoxy) is 1. The average Bonchev–Trinajstić information content (AvgIpc) is 2.70. The van der Waals surface area contributed by atoms with Gasteiger partial charge in [0, 0.05) is 13.1 Å². The Morgan fingerprint density at radius 3 is 2.31 bits per heavy atom. The number of methoxy groups -OCH3 is 1. The molecule has 1 aromatic rings. The summed E-state index contributed by atoms with van der Waals surface area (Å²) in [6.07, 6.45) is 8.73. The number of benzene rings is 1. The molecule has 4 fully saturated rings. The highest BCUT2D eigenvalue weighted by Crippen LogP contribution is 2.59. The molecule has 5 heteroatoms. The van der Waals surface area contributed by atoms with Gasteiger partial charge in [0.25, 0.3) is 0 Å². The molecule has 0 aromatic heterocycles. The van der Waals surface area contributed by atoms with E-state index in [2.05, 4.69) is 17.4 Å². The maximum atomic E-state index is 12.9. The Morgan fingerprint density at radius 2 is 1.69 bits per heavy atom. The second-order valence-corrected chi connectivity index (χ2v) is 10.1. The van der Waals surface area contributed by atoms with E-state index in [-0.39, 0.29) is 24.5 Å². The molecule has 1 N–H and O–H groups in total. The quantitative estimate of drug-likeness (QED) is 0.778. The van der Waals surface area contributed by atoms with E-state index >= 15 is 0 Å². The van der Waals surface area contributed by atoms with Crippen LogP contribution in [0.3, 0.4) is 0 Å². The summed E-state index contributed by atoms with van der Waals surface area (Å²) >= 11 is 0. The summed E-state index contributed by atoms with van der Waals surface area (Å²) in [5.41, 5.74) is 2.70. The van der Waals surface area contributed by atoms with Crippen LogP contribution in [0.4, 0.5) is 0 Å². The molecule has 1 heterocycles. The van der Waals surface area contributed by atoms with Gasteiger partial charge >= 0.3 is 5.97 Å². The van der Waals surface area contributed by atoms with Crippen LogP contribution in [0.15, 0.2) is 24.3 Å². The lowest BCUT2D eigenvalue weighted by molar-refractivity contribution is -0.148. The second-order valence-electron chi connectivity index (χ2n) is 10.1. The number of carbonyl (C=O) groups is 2. The molecule has 0 radical (unpaired) electrons. The number of esters is 1. The minimum atomic E-state index is -0.389. The number of nitrogens with zero attached hydrogens (tertiary/aromatic N) is 1. The summed E-state index contributed by atoms with van der Waals surface area (Å²) in [6.45, 7) is 1.67. The molecule has 5 nitrogen and oxygen atoms in total. The Hall–Kier alpha value is -1.88. The third kappa shape index (κ3) is 3.70. The van der Waals surface area contributed by atoms with E-state index in [0.717, 1.165) is 24.3 Å². The van der Waals surface area contributed by atoms with Crippen molar-refractivity contribution in [3.8, 4) is 0 Å². The van der Waals surface area contributed by atoms with E-state index in [1.807, 2.05) is 17.0 Å². The number of rotatable bonds is 5. The van der Waals surface area contributed by atoms with E-state index in [4.69, 9.17) is 4.74 Å². The molecule has 0 saturated heterocycles. The molecule has 5 aliphatic rings. The van der Waals surface area contributed by atoms with Crippen molar-refractivity contribution < 1.29 is 14.3 Å². The second kappa shape index (κ2) is 7.42. The van der Waals surface area contributed by atoms with Gasteiger partial charge in [-0.3, -0.25) is 14.5 Å². The Kier molecular flexibility index (Phi) is 4.89. The summed E-state index contributed by atoms with van der Waals surface area (Å²) in [5, 5.41) is 3.26. The van der Waals surface area contributed by atoms with Gasteiger partial charge in [0.2, 0.25) is 5.91 Å². The van der Waals surface area contributed by atoms with Crippen molar-refractivity contribution >= 4 is 11.9 Å². The van der Waals surface area contributed by atoms with Crippen molar-refractivity contribution in [2.45, 2.75) is 57.5 Å². The summed E-state index contributed by atoms with van der Waals surface area (Å²) in [4.78, 5) is 27.2. The minimum absolute atomic E-state index is 0.0361. The number of hydrogen-bond acceptors (Lipinski definition) is 4. The summed E-state index contributed by atoms with van der Waals surface area (Å²) in [7, 11) is 1.42. The molecule has 0 unspecified atom stereocenters. The van der Waals surface area contributed by atoms with Crippen LogP contribution in [0.5, 0.6) is 0 Å². The highest BCUT2D eigenvalue weighted by Gasteiger charge is 2.50. The summed E-state index contributed by atoms with van der Waals surface area (Å²) < 4.78 is 5.03. The lowest BCUT2D eigenvalue weighted by Gasteiger charge is -2.57. The van der Waals surface area contributed by atoms with Crippen molar-refractivity contribution in [1.82, 2.24) is 10.2 Å². The molecule has 1 atom stereocenters. The van der Waals surface area contributed by atoms with Gasteiger partial charge in [-0.2, -0.15) is 0 Å². The zero-order valence-electron chi connectivity index (χ0n) is 17.4. The predicted octanol–water partition coefficient (Wildman–Crippen LogP) is 2.92. The zero-order valence-corrected chi connectivity index (χ0v) is 17.4. The van der Waals surface area contributed by atoms with Gasteiger partial charge in [-0.15, -0.1) is 0 Å². The van der Waals surface area contributed by atoms with E-state index in [9.17, 15) is 9.59 Å². The molecule has 156 valence electrons. The first-order valence-corrected chi connectivity index (χ1v) is 11.2. The molecule has 6 rings (SSSR count). The van der Waals surface area contributed by atoms with Crippen LogP contribution < -0.4 is 5.32 Å². The monoisotopic (exact) mass is 396 g/mol. The molecule has 4 bridgehead atoms. The SMILES string of the molecule is COC(=O)[C@@H]1Cc2ccccc2CN1CC(=O)NCC12CC3CC(CC(C3)C1)C2. The fourth-order valence-corrected chi connectivity index (χ4v) is 7.14. The van der Waals surface area contributed by atoms with Gasteiger partial charge in [-0.25, -0.2) is 0 Å². The number of nitrogens with one attached hydrogen (secondary N) is 1. The van der Waals surface area contributed by atoms with Crippen LogP contribution in [0.25, 0.3) is 0 Å². The average molecular weight is 397 g/mol. The molecule has 0 spiro atoms. The predicted molar refractivity (Wildman–Crippen MR) is 110 cm³/mol.